The number of nitrogens with one attached hydrogen (secondary N) is 1. The standard InChI is InChI=1S/C24H32N4O4S/c1-7-31-23(32-8-2)22-16-25-27-28(22)21-15-17(3)9-14-20(21)26-33(29,30)19-12-10-18(11-13-19)24(4,5)6/h9-16,23,26H,7-8H2,1-6H3. The topological polar surface area (TPSA) is 95.3 Å². The van der Waals surface area contributed by atoms with E-state index in [9.17, 15) is 8.42 Å². The summed E-state index contributed by atoms with van der Waals surface area (Å²) in [5, 5.41) is 8.20. The molecule has 0 bridgehead atoms. The van der Waals surface area contributed by atoms with E-state index in [1.54, 1.807) is 29.1 Å². The van der Waals surface area contributed by atoms with Crippen molar-refractivity contribution in [2.24, 2.45) is 0 Å². The molecule has 1 N–H and O–H groups in total. The highest BCUT2D eigenvalue weighted by Crippen LogP contribution is 2.29. The van der Waals surface area contributed by atoms with E-state index >= 15 is 0 Å². The number of sulfonamides is 1. The lowest BCUT2D eigenvalue weighted by Gasteiger charge is -2.20. The molecule has 3 aromatic rings. The second-order valence-corrected chi connectivity index (χ2v) is 10.4. The first-order chi connectivity index (χ1) is 15.6. The van der Waals surface area contributed by atoms with E-state index in [-0.39, 0.29) is 10.3 Å². The Morgan fingerprint density at radius 2 is 1.67 bits per heavy atom. The monoisotopic (exact) mass is 472 g/mol. The van der Waals surface area contributed by atoms with Gasteiger partial charge < -0.3 is 9.47 Å². The summed E-state index contributed by atoms with van der Waals surface area (Å²) in [6.45, 7) is 12.8. The van der Waals surface area contributed by atoms with Crippen molar-refractivity contribution < 1.29 is 17.9 Å². The third kappa shape index (κ3) is 5.79. The summed E-state index contributed by atoms with van der Waals surface area (Å²) < 4.78 is 42.0. The lowest BCUT2D eigenvalue weighted by atomic mass is 9.87. The molecule has 0 aliphatic carbocycles. The van der Waals surface area contributed by atoms with Crippen LogP contribution in [0.4, 0.5) is 5.69 Å². The van der Waals surface area contributed by atoms with Crippen LogP contribution in [0.3, 0.4) is 0 Å². The molecule has 2 aromatic carbocycles. The number of aromatic nitrogens is 3. The van der Waals surface area contributed by atoms with Gasteiger partial charge in [-0.15, -0.1) is 5.10 Å². The van der Waals surface area contributed by atoms with Crippen molar-refractivity contribution in [3.8, 4) is 5.69 Å². The van der Waals surface area contributed by atoms with Gasteiger partial charge in [0.15, 0.2) is 0 Å². The number of hydrogen-bond donors (Lipinski definition) is 1. The molecular weight excluding hydrogens is 440 g/mol. The molecule has 1 aromatic heterocycles. The minimum absolute atomic E-state index is 0.0685. The lowest BCUT2D eigenvalue weighted by Crippen LogP contribution is -2.18. The predicted molar refractivity (Wildman–Crippen MR) is 128 cm³/mol. The van der Waals surface area contributed by atoms with Crippen LogP contribution in [-0.4, -0.2) is 36.6 Å². The second-order valence-electron chi connectivity index (χ2n) is 8.71. The number of nitrogens with zero attached hydrogens (tertiary/aromatic N) is 3. The SMILES string of the molecule is CCOC(OCC)c1cnnn1-c1cc(C)ccc1NS(=O)(=O)c1ccc(C(C)(C)C)cc1. The molecule has 0 aliphatic rings. The predicted octanol–water partition coefficient (Wildman–Crippen LogP) is 4.75. The number of benzene rings is 2. The van der Waals surface area contributed by atoms with Crippen LogP contribution in [0.2, 0.25) is 0 Å². The maximum atomic E-state index is 13.2. The Balaban J connectivity index is 2.00. The summed E-state index contributed by atoms with van der Waals surface area (Å²) in [4.78, 5) is 0.183. The fraction of sp³-hybridized carbons (Fsp3) is 0.417. The van der Waals surface area contributed by atoms with E-state index in [0.29, 0.717) is 30.3 Å². The number of hydrogen-bond acceptors (Lipinski definition) is 6. The van der Waals surface area contributed by atoms with Crippen LogP contribution in [0.25, 0.3) is 5.69 Å². The molecule has 0 saturated carbocycles. The maximum Gasteiger partial charge on any atom is 0.261 e. The summed E-state index contributed by atoms with van der Waals surface area (Å²) >= 11 is 0. The van der Waals surface area contributed by atoms with Gasteiger partial charge in [0.25, 0.3) is 10.0 Å². The Morgan fingerprint density at radius 3 is 2.24 bits per heavy atom. The summed E-state index contributed by atoms with van der Waals surface area (Å²) in [5.74, 6) is 0. The largest absolute Gasteiger partial charge is 0.347 e. The summed E-state index contributed by atoms with van der Waals surface area (Å²) in [7, 11) is -3.83. The van der Waals surface area contributed by atoms with Crippen LogP contribution in [-0.2, 0) is 24.9 Å². The third-order valence-corrected chi connectivity index (χ3v) is 6.49. The van der Waals surface area contributed by atoms with Gasteiger partial charge in [0.1, 0.15) is 5.69 Å². The molecule has 33 heavy (non-hydrogen) atoms. The first kappa shape index (κ1) is 24.9. The van der Waals surface area contributed by atoms with Crippen LogP contribution >= 0.6 is 0 Å². The fourth-order valence-electron chi connectivity index (χ4n) is 3.35. The summed E-state index contributed by atoms with van der Waals surface area (Å²) in [6.07, 6.45) is 0.881. The van der Waals surface area contributed by atoms with Crippen LogP contribution < -0.4 is 4.72 Å². The summed E-state index contributed by atoms with van der Waals surface area (Å²) in [6, 6.07) is 12.3. The van der Waals surface area contributed by atoms with E-state index in [2.05, 4.69) is 35.8 Å². The average molecular weight is 473 g/mol. The van der Waals surface area contributed by atoms with Crippen molar-refractivity contribution in [2.75, 3.05) is 17.9 Å². The molecule has 0 unspecified atom stereocenters. The van der Waals surface area contributed by atoms with Gasteiger partial charge in [0.2, 0.25) is 6.29 Å². The molecular formula is C24H32N4O4S. The zero-order valence-electron chi connectivity index (χ0n) is 20.0. The van der Waals surface area contributed by atoms with E-state index in [1.807, 2.05) is 45.0 Å². The number of ether oxygens (including phenoxy) is 2. The van der Waals surface area contributed by atoms with Crippen LogP contribution in [0.5, 0.6) is 0 Å². The number of rotatable bonds is 9. The number of aryl methyl sites for hydroxylation is 1. The van der Waals surface area contributed by atoms with Crippen LogP contribution in [0.1, 0.15) is 57.7 Å². The van der Waals surface area contributed by atoms with Crippen molar-refractivity contribution in [1.29, 1.82) is 0 Å². The van der Waals surface area contributed by atoms with Gasteiger partial charge >= 0.3 is 0 Å². The Kier molecular flexibility index (Phi) is 7.56. The van der Waals surface area contributed by atoms with Crippen LogP contribution in [0.15, 0.2) is 53.6 Å². The molecule has 1 heterocycles. The zero-order chi connectivity index (χ0) is 24.2. The smallest absolute Gasteiger partial charge is 0.261 e. The Hall–Kier alpha value is -2.75. The highest BCUT2D eigenvalue weighted by Gasteiger charge is 2.23. The van der Waals surface area contributed by atoms with E-state index in [1.165, 1.54) is 0 Å². The van der Waals surface area contributed by atoms with Crippen molar-refractivity contribution in [3.63, 3.8) is 0 Å². The maximum absolute atomic E-state index is 13.2. The van der Waals surface area contributed by atoms with Gasteiger partial charge in [0, 0.05) is 13.2 Å². The van der Waals surface area contributed by atoms with Gasteiger partial charge in [0.05, 0.1) is 22.5 Å². The van der Waals surface area contributed by atoms with E-state index in [4.69, 9.17) is 9.47 Å². The van der Waals surface area contributed by atoms with Crippen molar-refractivity contribution in [3.05, 3.63) is 65.5 Å². The molecule has 0 aliphatic heterocycles. The molecule has 0 amide bonds. The van der Waals surface area contributed by atoms with Gasteiger partial charge in [-0.25, -0.2) is 13.1 Å². The zero-order valence-corrected chi connectivity index (χ0v) is 20.8. The molecule has 3 rings (SSSR count). The minimum Gasteiger partial charge on any atom is -0.347 e. The third-order valence-electron chi connectivity index (χ3n) is 5.11. The molecule has 178 valence electrons. The van der Waals surface area contributed by atoms with Gasteiger partial charge in [-0.05, 0) is 61.6 Å². The van der Waals surface area contributed by atoms with Crippen molar-refractivity contribution >= 4 is 15.7 Å². The average Bonchev–Trinajstić information content (AvgIpc) is 3.24. The molecule has 8 nitrogen and oxygen atoms in total. The molecule has 9 heteroatoms. The number of anilines is 1. The first-order valence-electron chi connectivity index (χ1n) is 10.9. The van der Waals surface area contributed by atoms with Crippen molar-refractivity contribution in [2.45, 2.75) is 58.1 Å². The highest BCUT2D eigenvalue weighted by atomic mass is 32.2. The summed E-state index contributed by atoms with van der Waals surface area (Å²) in [5.41, 5.74) is 3.40. The molecule has 0 radical (unpaired) electrons. The second kappa shape index (κ2) is 10.0. The molecule has 0 spiro atoms. The van der Waals surface area contributed by atoms with Crippen LogP contribution in [0, 0.1) is 6.92 Å². The fourth-order valence-corrected chi connectivity index (χ4v) is 4.43. The Labute approximate surface area is 196 Å². The molecule has 0 fully saturated rings. The van der Waals surface area contributed by atoms with Gasteiger partial charge in [-0.2, -0.15) is 0 Å². The first-order valence-corrected chi connectivity index (χ1v) is 12.4. The van der Waals surface area contributed by atoms with Crippen molar-refractivity contribution in [1.82, 2.24) is 15.0 Å². The Morgan fingerprint density at radius 1 is 1.03 bits per heavy atom. The quantitative estimate of drug-likeness (QED) is 0.452. The van der Waals surface area contributed by atoms with E-state index in [0.717, 1.165) is 11.1 Å². The van der Waals surface area contributed by atoms with E-state index < -0.39 is 16.3 Å². The van der Waals surface area contributed by atoms with Gasteiger partial charge in [-0.3, -0.25) is 4.72 Å². The van der Waals surface area contributed by atoms with Gasteiger partial charge in [-0.1, -0.05) is 44.2 Å². The molecule has 0 atom stereocenters. The minimum atomic E-state index is -3.83. The molecule has 0 saturated heterocycles. The lowest BCUT2D eigenvalue weighted by molar-refractivity contribution is -0.143. The normalized spacial score (nSPS) is 12.3. The highest BCUT2D eigenvalue weighted by molar-refractivity contribution is 7.92. The Bertz CT molecular complexity index is 1180.